The molecule has 4 aromatic rings. The van der Waals surface area contributed by atoms with Gasteiger partial charge in [0.15, 0.2) is 0 Å². The van der Waals surface area contributed by atoms with Gasteiger partial charge in [-0.25, -0.2) is 0 Å². The summed E-state index contributed by atoms with van der Waals surface area (Å²) >= 11 is 0. The maximum Gasteiger partial charge on any atom is -0.00992 e. The standard InChI is InChI=1S/C20H14.H3N/c1-3-11-17-15(7-1)9-5-13-19(17)20-14-6-10-16-8-2-4-12-18(16)20;/h1-14H;1H3. The van der Waals surface area contributed by atoms with Gasteiger partial charge in [-0.05, 0) is 32.7 Å². The third kappa shape index (κ3) is 2.18. The lowest BCUT2D eigenvalue weighted by Gasteiger charge is -2.10. The average Bonchev–Trinajstić information content (AvgIpc) is 2.54. The van der Waals surface area contributed by atoms with E-state index in [1.54, 1.807) is 0 Å². The predicted octanol–water partition coefficient (Wildman–Crippen LogP) is 5.82. The third-order valence-electron chi connectivity index (χ3n) is 3.87. The monoisotopic (exact) mass is 271 g/mol. The molecule has 0 heterocycles. The fourth-order valence-corrected chi connectivity index (χ4v) is 2.92. The molecule has 0 aliphatic carbocycles. The smallest absolute Gasteiger partial charge is 0.00992 e. The van der Waals surface area contributed by atoms with Crippen molar-refractivity contribution in [1.82, 2.24) is 6.15 Å². The summed E-state index contributed by atoms with van der Waals surface area (Å²) in [6.45, 7) is 0. The van der Waals surface area contributed by atoms with Crippen LogP contribution in [0.1, 0.15) is 0 Å². The van der Waals surface area contributed by atoms with Crippen molar-refractivity contribution in [3.05, 3.63) is 84.9 Å². The lowest BCUT2D eigenvalue weighted by atomic mass is 9.94. The van der Waals surface area contributed by atoms with E-state index in [4.69, 9.17) is 0 Å². The molecule has 0 atom stereocenters. The van der Waals surface area contributed by atoms with Crippen molar-refractivity contribution in [2.45, 2.75) is 0 Å². The first-order chi connectivity index (χ1) is 9.93. The zero-order chi connectivity index (χ0) is 13.4. The van der Waals surface area contributed by atoms with Crippen LogP contribution in [0.25, 0.3) is 32.7 Å². The molecule has 4 rings (SSSR count). The van der Waals surface area contributed by atoms with Crippen molar-refractivity contribution in [3.63, 3.8) is 0 Å². The Hall–Kier alpha value is -2.64. The van der Waals surface area contributed by atoms with Gasteiger partial charge >= 0.3 is 0 Å². The van der Waals surface area contributed by atoms with Crippen LogP contribution in [0.4, 0.5) is 0 Å². The normalized spacial score (nSPS) is 10.5. The van der Waals surface area contributed by atoms with E-state index in [-0.39, 0.29) is 6.15 Å². The Morgan fingerprint density at radius 1 is 0.381 bits per heavy atom. The molecule has 0 aliphatic rings. The minimum atomic E-state index is 0. The summed E-state index contributed by atoms with van der Waals surface area (Å²) in [7, 11) is 0. The van der Waals surface area contributed by atoms with Crippen LogP contribution in [0.3, 0.4) is 0 Å². The van der Waals surface area contributed by atoms with Crippen LogP contribution in [0.2, 0.25) is 0 Å². The number of hydrogen-bond acceptors (Lipinski definition) is 1. The second-order valence-corrected chi connectivity index (χ2v) is 5.05. The van der Waals surface area contributed by atoms with E-state index in [9.17, 15) is 0 Å². The Bertz CT molecular complexity index is 821. The highest BCUT2D eigenvalue weighted by molar-refractivity contribution is 6.05. The van der Waals surface area contributed by atoms with Crippen LogP contribution >= 0.6 is 0 Å². The predicted molar refractivity (Wildman–Crippen MR) is 91.9 cm³/mol. The molecule has 0 unspecified atom stereocenters. The first kappa shape index (κ1) is 13.3. The van der Waals surface area contributed by atoms with Crippen molar-refractivity contribution < 1.29 is 0 Å². The summed E-state index contributed by atoms with van der Waals surface area (Å²) in [5.41, 5.74) is 2.61. The molecule has 4 aromatic carbocycles. The molecule has 21 heavy (non-hydrogen) atoms. The molecule has 0 aromatic heterocycles. The largest absolute Gasteiger partial charge is 0.344 e. The van der Waals surface area contributed by atoms with Gasteiger partial charge in [0.1, 0.15) is 0 Å². The minimum absolute atomic E-state index is 0. The molecule has 0 aliphatic heterocycles. The van der Waals surface area contributed by atoms with Crippen molar-refractivity contribution in [3.8, 4) is 11.1 Å². The van der Waals surface area contributed by atoms with E-state index in [2.05, 4.69) is 84.9 Å². The summed E-state index contributed by atoms with van der Waals surface area (Å²) in [6, 6.07) is 30.2. The number of fused-ring (bicyclic) bond motifs is 2. The topological polar surface area (TPSA) is 35.0 Å². The zero-order valence-electron chi connectivity index (χ0n) is 11.8. The highest BCUT2D eigenvalue weighted by Crippen LogP contribution is 2.33. The van der Waals surface area contributed by atoms with Crippen LogP contribution in [0.5, 0.6) is 0 Å². The van der Waals surface area contributed by atoms with E-state index in [1.165, 1.54) is 32.7 Å². The lowest BCUT2D eigenvalue weighted by molar-refractivity contribution is 1.68. The number of benzene rings is 4. The molecule has 0 fully saturated rings. The Morgan fingerprint density at radius 3 is 1.24 bits per heavy atom. The summed E-state index contributed by atoms with van der Waals surface area (Å²) in [6.07, 6.45) is 0. The molecule has 0 spiro atoms. The Morgan fingerprint density at radius 2 is 0.762 bits per heavy atom. The number of hydrogen-bond donors (Lipinski definition) is 1. The fraction of sp³-hybridized carbons (Fsp3) is 0. The Labute approximate surface area is 124 Å². The van der Waals surface area contributed by atoms with Crippen LogP contribution in [-0.2, 0) is 0 Å². The molecule has 0 bridgehead atoms. The molecule has 0 amide bonds. The SMILES string of the molecule is N.c1ccc2c(-c3cccc4ccccc34)cccc2c1. The van der Waals surface area contributed by atoms with Gasteiger partial charge in [-0.2, -0.15) is 0 Å². The Kier molecular flexibility index (Phi) is 3.43. The summed E-state index contributed by atoms with van der Waals surface area (Å²) in [5, 5.41) is 5.20. The van der Waals surface area contributed by atoms with Crippen LogP contribution < -0.4 is 6.15 Å². The Balaban J connectivity index is 0.00000132. The lowest BCUT2D eigenvalue weighted by Crippen LogP contribution is -1.83. The molecule has 0 radical (unpaired) electrons. The van der Waals surface area contributed by atoms with Crippen LogP contribution in [0.15, 0.2) is 84.9 Å². The van der Waals surface area contributed by atoms with E-state index >= 15 is 0 Å². The molecule has 102 valence electrons. The molecular weight excluding hydrogens is 254 g/mol. The molecule has 3 N–H and O–H groups in total. The van der Waals surface area contributed by atoms with Crippen molar-refractivity contribution in [2.75, 3.05) is 0 Å². The van der Waals surface area contributed by atoms with Gasteiger partial charge < -0.3 is 6.15 Å². The quantitative estimate of drug-likeness (QED) is 0.465. The van der Waals surface area contributed by atoms with Gasteiger partial charge in [0, 0.05) is 0 Å². The molecule has 0 saturated heterocycles. The van der Waals surface area contributed by atoms with Gasteiger partial charge in [0.2, 0.25) is 0 Å². The second-order valence-electron chi connectivity index (χ2n) is 5.05. The van der Waals surface area contributed by atoms with Gasteiger partial charge in [-0.15, -0.1) is 0 Å². The second kappa shape index (κ2) is 5.39. The first-order valence-electron chi connectivity index (χ1n) is 6.89. The first-order valence-corrected chi connectivity index (χ1v) is 6.89. The van der Waals surface area contributed by atoms with Crippen molar-refractivity contribution >= 4 is 21.5 Å². The summed E-state index contributed by atoms with van der Waals surface area (Å²) in [4.78, 5) is 0. The minimum Gasteiger partial charge on any atom is -0.344 e. The van der Waals surface area contributed by atoms with Crippen LogP contribution in [0, 0.1) is 0 Å². The van der Waals surface area contributed by atoms with E-state index < -0.39 is 0 Å². The maximum absolute atomic E-state index is 2.21. The molecular formula is C20H17N. The summed E-state index contributed by atoms with van der Waals surface area (Å²) < 4.78 is 0. The highest BCUT2D eigenvalue weighted by Gasteiger charge is 2.06. The van der Waals surface area contributed by atoms with Crippen molar-refractivity contribution in [1.29, 1.82) is 0 Å². The fourth-order valence-electron chi connectivity index (χ4n) is 2.92. The molecule has 1 nitrogen and oxygen atoms in total. The van der Waals surface area contributed by atoms with E-state index in [1.807, 2.05) is 0 Å². The third-order valence-corrected chi connectivity index (χ3v) is 3.87. The molecule has 1 heteroatoms. The van der Waals surface area contributed by atoms with Gasteiger partial charge in [-0.1, -0.05) is 84.9 Å². The summed E-state index contributed by atoms with van der Waals surface area (Å²) in [5.74, 6) is 0. The van der Waals surface area contributed by atoms with Gasteiger partial charge in [0.25, 0.3) is 0 Å². The zero-order valence-corrected chi connectivity index (χ0v) is 11.8. The number of rotatable bonds is 1. The van der Waals surface area contributed by atoms with Crippen molar-refractivity contribution in [2.24, 2.45) is 0 Å². The molecule has 0 saturated carbocycles. The van der Waals surface area contributed by atoms with Crippen LogP contribution in [-0.4, -0.2) is 0 Å². The van der Waals surface area contributed by atoms with E-state index in [0.29, 0.717) is 0 Å². The van der Waals surface area contributed by atoms with Gasteiger partial charge in [0.05, 0.1) is 0 Å². The maximum atomic E-state index is 2.21. The average molecular weight is 271 g/mol. The van der Waals surface area contributed by atoms with E-state index in [0.717, 1.165) is 0 Å². The highest BCUT2D eigenvalue weighted by atomic mass is 14.1. The van der Waals surface area contributed by atoms with Gasteiger partial charge in [-0.3, -0.25) is 0 Å².